The number of alkyl halides is 3. The topological polar surface area (TPSA) is 78.9 Å². The standard InChI is InChI=1S/C21H26F3N5O3S/c22-21(23,24)32-17-7-3-4-8-18(17)33(30,31)29-15-13-28(14-16-29)20-10-9-19(25-26-20)27-11-5-1-2-6-12-27/h3-4,7-10H,1-2,5-6,11-16H2. The van der Waals surface area contributed by atoms with Crippen LogP contribution in [0, 0.1) is 0 Å². The van der Waals surface area contributed by atoms with Gasteiger partial charge in [0, 0.05) is 39.3 Å². The summed E-state index contributed by atoms with van der Waals surface area (Å²) in [6.07, 6.45) is -0.263. The number of piperazine rings is 1. The third kappa shape index (κ3) is 5.67. The molecule has 0 amide bonds. The molecule has 8 nitrogen and oxygen atoms in total. The molecular weight excluding hydrogens is 459 g/mol. The number of halogens is 3. The van der Waals surface area contributed by atoms with E-state index in [2.05, 4.69) is 19.8 Å². The van der Waals surface area contributed by atoms with Crippen molar-refractivity contribution < 1.29 is 26.3 Å². The zero-order valence-corrected chi connectivity index (χ0v) is 18.9. The van der Waals surface area contributed by atoms with Gasteiger partial charge in [-0.25, -0.2) is 8.42 Å². The van der Waals surface area contributed by atoms with Gasteiger partial charge in [-0.15, -0.1) is 23.4 Å². The second-order valence-corrected chi connectivity index (χ2v) is 9.94. The fourth-order valence-corrected chi connectivity index (χ4v) is 5.66. The van der Waals surface area contributed by atoms with E-state index in [1.165, 1.54) is 29.3 Å². The number of nitrogens with zero attached hydrogens (tertiary/aromatic N) is 5. The third-order valence-corrected chi connectivity index (χ3v) is 7.76. The molecule has 2 fully saturated rings. The summed E-state index contributed by atoms with van der Waals surface area (Å²) in [5.41, 5.74) is 0. The Morgan fingerprint density at radius 2 is 1.30 bits per heavy atom. The van der Waals surface area contributed by atoms with E-state index >= 15 is 0 Å². The summed E-state index contributed by atoms with van der Waals surface area (Å²) in [6, 6.07) is 8.60. The Balaban J connectivity index is 1.42. The number of para-hydroxylation sites is 1. The van der Waals surface area contributed by atoms with Gasteiger partial charge in [-0.2, -0.15) is 4.31 Å². The molecule has 0 unspecified atom stereocenters. The summed E-state index contributed by atoms with van der Waals surface area (Å²) in [6.45, 7) is 2.84. The third-order valence-electron chi connectivity index (χ3n) is 5.82. The van der Waals surface area contributed by atoms with Gasteiger partial charge in [0.05, 0.1) is 0 Å². The number of aromatic nitrogens is 2. The van der Waals surface area contributed by atoms with Crippen molar-refractivity contribution in [3.8, 4) is 5.75 Å². The largest absolute Gasteiger partial charge is 0.573 e. The van der Waals surface area contributed by atoms with Crippen LogP contribution in [0.25, 0.3) is 0 Å². The van der Waals surface area contributed by atoms with Crippen LogP contribution in [0.1, 0.15) is 25.7 Å². The Morgan fingerprint density at radius 3 is 1.85 bits per heavy atom. The molecule has 1 aromatic heterocycles. The molecule has 4 rings (SSSR count). The van der Waals surface area contributed by atoms with Crippen LogP contribution in [0.15, 0.2) is 41.3 Å². The highest BCUT2D eigenvalue weighted by Crippen LogP contribution is 2.32. The quantitative estimate of drug-likeness (QED) is 0.643. The van der Waals surface area contributed by atoms with E-state index in [1.54, 1.807) is 0 Å². The molecule has 0 N–H and O–H groups in total. The van der Waals surface area contributed by atoms with Crippen LogP contribution in [0.5, 0.6) is 5.75 Å². The summed E-state index contributed by atoms with van der Waals surface area (Å²) in [7, 11) is -4.16. The molecule has 33 heavy (non-hydrogen) atoms. The summed E-state index contributed by atoms with van der Waals surface area (Å²) in [5.74, 6) is 0.747. The van der Waals surface area contributed by atoms with Gasteiger partial charge in [0.25, 0.3) is 0 Å². The molecule has 2 aromatic rings. The molecule has 2 saturated heterocycles. The van der Waals surface area contributed by atoms with Gasteiger partial charge in [-0.05, 0) is 37.1 Å². The van der Waals surface area contributed by atoms with Crippen molar-refractivity contribution in [2.24, 2.45) is 0 Å². The molecule has 0 saturated carbocycles. The Hall–Kier alpha value is -2.60. The van der Waals surface area contributed by atoms with E-state index in [9.17, 15) is 21.6 Å². The zero-order chi connectivity index (χ0) is 23.5. The fraction of sp³-hybridized carbons (Fsp3) is 0.524. The minimum absolute atomic E-state index is 0.109. The van der Waals surface area contributed by atoms with Crippen molar-refractivity contribution in [3.63, 3.8) is 0 Å². The maximum atomic E-state index is 13.0. The molecule has 0 atom stereocenters. The SMILES string of the molecule is O=S(=O)(c1ccccc1OC(F)(F)F)N1CCN(c2ccc(N3CCCCCC3)nn2)CC1. The number of rotatable bonds is 5. The monoisotopic (exact) mass is 485 g/mol. The molecule has 3 heterocycles. The van der Waals surface area contributed by atoms with Crippen molar-refractivity contribution in [2.75, 3.05) is 49.1 Å². The smallest absolute Gasteiger partial charge is 0.404 e. The van der Waals surface area contributed by atoms with E-state index in [1.807, 2.05) is 17.0 Å². The lowest BCUT2D eigenvalue weighted by atomic mass is 10.2. The average molecular weight is 486 g/mol. The van der Waals surface area contributed by atoms with Crippen molar-refractivity contribution in [1.82, 2.24) is 14.5 Å². The number of anilines is 2. The van der Waals surface area contributed by atoms with Crippen LogP contribution in [0.4, 0.5) is 24.8 Å². The lowest BCUT2D eigenvalue weighted by Crippen LogP contribution is -2.49. The predicted molar refractivity (Wildman–Crippen MR) is 117 cm³/mol. The average Bonchev–Trinajstić information content (AvgIpc) is 3.08. The molecule has 2 aliphatic rings. The van der Waals surface area contributed by atoms with E-state index in [4.69, 9.17) is 0 Å². The predicted octanol–water partition coefficient (Wildman–Crippen LogP) is 3.27. The molecule has 0 bridgehead atoms. The second kappa shape index (κ2) is 9.72. The summed E-state index contributed by atoms with van der Waals surface area (Å²) < 4.78 is 69.2. The Kier molecular flexibility index (Phi) is 6.94. The maximum Gasteiger partial charge on any atom is 0.573 e. The van der Waals surface area contributed by atoms with Gasteiger partial charge < -0.3 is 14.5 Å². The van der Waals surface area contributed by atoms with E-state index in [-0.39, 0.29) is 13.1 Å². The number of hydrogen-bond acceptors (Lipinski definition) is 7. The van der Waals surface area contributed by atoms with E-state index in [0.29, 0.717) is 18.9 Å². The van der Waals surface area contributed by atoms with Crippen molar-refractivity contribution >= 4 is 21.7 Å². The molecule has 0 radical (unpaired) electrons. The molecule has 0 spiro atoms. The van der Waals surface area contributed by atoms with Crippen molar-refractivity contribution in [1.29, 1.82) is 0 Å². The first-order chi connectivity index (χ1) is 15.7. The first-order valence-electron chi connectivity index (χ1n) is 10.9. The van der Waals surface area contributed by atoms with Gasteiger partial charge in [0.1, 0.15) is 10.6 Å². The first-order valence-corrected chi connectivity index (χ1v) is 12.4. The van der Waals surface area contributed by atoms with Gasteiger partial charge >= 0.3 is 6.36 Å². The lowest BCUT2D eigenvalue weighted by Gasteiger charge is -2.34. The fourth-order valence-electron chi connectivity index (χ4n) is 4.12. The zero-order valence-electron chi connectivity index (χ0n) is 18.0. The molecule has 0 aliphatic carbocycles. The van der Waals surface area contributed by atoms with Crippen molar-refractivity contribution in [3.05, 3.63) is 36.4 Å². The van der Waals surface area contributed by atoms with Gasteiger partial charge in [0.15, 0.2) is 11.6 Å². The number of ether oxygens (including phenoxy) is 1. The normalized spacial score (nSPS) is 18.8. The van der Waals surface area contributed by atoms with Crippen LogP contribution in [0.3, 0.4) is 0 Å². The van der Waals surface area contributed by atoms with E-state index in [0.717, 1.165) is 43.9 Å². The van der Waals surface area contributed by atoms with Gasteiger partial charge in [0.2, 0.25) is 10.0 Å². The van der Waals surface area contributed by atoms with Gasteiger partial charge in [-0.1, -0.05) is 25.0 Å². The molecule has 180 valence electrons. The first kappa shape index (κ1) is 23.6. The number of sulfonamides is 1. The van der Waals surface area contributed by atoms with Crippen molar-refractivity contribution in [2.45, 2.75) is 36.9 Å². The summed E-state index contributed by atoms with van der Waals surface area (Å²) >= 11 is 0. The second-order valence-electron chi connectivity index (χ2n) is 8.04. The highest BCUT2D eigenvalue weighted by molar-refractivity contribution is 7.89. The van der Waals surface area contributed by atoms with Crippen LogP contribution in [-0.2, 0) is 10.0 Å². The minimum Gasteiger partial charge on any atom is -0.404 e. The van der Waals surface area contributed by atoms with Gasteiger partial charge in [-0.3, -0.25) is 0 Å². The van der Waals surface area contributed by atoms with E-state index < -0.39 is 27.0 Å². The summed E-state index contributed by atoms with van der Waals surface area (Å²) in [5, 5.41) is 8.69. The summed E-state index contributed by atoms with van der Waals surface area (Å²) in [4.78, 5) is 3.65. The lowest BCUT2D eigenvalue weighted by molar-refractivity contribution is -0.275. The van der Waals surface area contributed by atoms with Crippen LogP contribution in [0.2, 0.25) is 0 Å². The van der Waals surface area contributed by atoms with Crippen LogP contribution in [-0.4, -0.2) is 68.6 Å². The molecule has 12 heteroatoms. The highest BCUT2D eigenvalue weighted by atomic mass is 32.2. The van der Waals surface area contributed by atoms with Crippen LogP contribution < -0.4 is 14.5 Å². The minimum atomic E-state index is -4.98. The molecular formula is C21H26F3N5O3S. The Labute approximate surface area is 191 Å². The highest BCUT2D eigenvalue weighted by Gasteiger charge is 2.36. The molecule has 2 aliphatic heterocycles. The Morgan fingerprint density at radius 1 is 0.758 bits per heavy atom. The van der Waals surface area contributed by atoms with Crippen LogP contribution >= 0.6 is 0 Å². The Bertz CT molecular complexity index is 1030. The number of benzene rings is 1. The number of hydrogen-bond donors (Lipinski definition) is 0. The maximum absolute atomic E-state index is 13.0. The molecule has 1 aromatic carbocycles.